The van der Waals surface area contributed by atoms with E-state index in [2.05, 4.69) is 16.0 Å². The van der Waals surface area contributed by atoms with E-state index >= 15 is 0 Å². The Hall–Kier alpha value is -1.78. The Morgan fingerprint density at radius 2 is 1.62 bits per heavy atom. The Labute approximate surface area is 126 Å². The molecule has 5 heteroatoms. The van der Waals surface area contributed by atoms with Crippen LogP contribution in [0, 0.1) is 6.92 Å². The van der Waals surface area contributed by atoms with E-state index in [1.54, 1.807) is 0 Å². The molecule has 0 radical (unpaired) electrons. The lowest BCUT2D eigenvalue weighted by Gasteiger charge is -2.39. The van der Waals surface area contributed by atoms with Crippen molar-refractivity contribution in [2.75, 3.05) is 44.2 Å². The van der Waals surface area contributed by atoms with Crippen LogP contribution in [0.2, 0.25) is 0 Å². The van der Waals surface area contributed by atoms with Gasteiger partial charge in [0, 0.05) is 45.0 Å². The average Bonchev–Trinajstić information content (AvgIpc) is 2.55. The molecule has 2 amide bonds. The van der Waals surface area contributed by atoms with Gasteiger partial charge in [-0.25, -0.2) is 9.78 Å². The molecular formula is C16H24N4O. The predicted octanol–water partition coefficient (Wildman–Crippen LogP) is 2.12. The first kappa shape index (κ1) is 14.2. The van der Waals surface area contributed by atoms with Crippen LogP contribution < -0.4 is 4.90 Å². The average molecular weight is 288 g/mol. The molecule has 2 aliphatic heterocycles. The van der Waals surface area contributed by atoms with Crippen LogP contribution in [0.5, 0.6) is 0 Å². The zero-order valence-corrected chi connectivity index (χ0v) is 12.8. The second-order valence-corrected chi connectivity index (χ2v) is 5.94. The molecule has 2 saturated heterocycles. The van der Waals surface area contributed by atoms with Gasteiger partial charge in [0.1, 0.15) is 5.82 Å². The number of aromatic nitrogens is 1. The van der Waals surface area contributed by atoms with Crippen molar-refractivity contribution >= 4 is 11.8 Å². The summed E-state index contributed by atoms with van der Waals surface area (Å²) in [5.74, 6) is 1.03. The maximum atomic E-state index is 12.5. The maximum absolute atomic E-state index is 12.5. The van der Waals surface area contributed by atoms with Gasteiger partial charge in [-0.2, -0.15) is 0 Å². The van der Waals surface area contributed by atoms with Crippen LogP contribution >= 0.6 is 0 Å². The fraction of sp³-hybridized carbons (Fsp3) is 0.625. The number of carbonyl (C=O) groups is 1. The Balaban J connectivity index is 1.56. The molecule has 0 aliphatic carbocycles. The molecule has 1 aromatic heterocycles. The van der Waals surface area contributed by atoms with Crippen molar-refractivity contribution in [2.24, 2.45) is 0 Å². The van der Waals surface area contributed by atoms with Crippen LogP contribution in [0.4, 0.5) is 10.6 Å². The lowest BCUT2D eigenvalue weighted by Crippen LogP contribution is -2.53. The standard InChI is InChI=1S/C16H24N4O/c1-14-6-5-7-15(17-14)18-10-12-20(13-11-18)16(21)19-8-3-2-4-9-19/h5-7H,2-4,8-13H2,1H3. The molecule has 0 unspecified atom stereocenters. The number of urea groups is 1. The smallest absolute Gasteiger partial charge is 0.320 e. The minimum absolute atomic E-state index is 0.228. The first-order valence-corrected chi connectivity index (χ1v) is 7.96. The van der Waals surface area contributed by atoms with Crippen molar-refractivity contribution in [3.05, 3.63) is 23.9 Å². The van der Waals surface area contributed by atoms with Gasteiger partial charge in [-0.05, 0) is 38.3 Å². The molecule has 1 aromatic rings. The van der Waals surface area contributed by atoms with Crippen molar-refractivity contribution < 1.29 is 4.79 Å². The number of pyridine rings is 1. The third-order valence-electron chi connectivity index (χ3n) is 4.37. The Kier molecular flexibility index (Phi) is 4.27. The van der Waals surface area contributed by atoms with Crippen molar-refractivity contribution in [3.8, 4) is 0 Å². The van der Waals surface area contributed by atoms with Crippen LogP contribution in [0.3, 0.4) is 0 Å². The highest BCUT2D eigenvalue weighted by Gasteiger charge is 2.26. The number of hydrogen-bond donors (Lipinski definition) is 0. The van der Waals surface area contributed by atoms with Gasteiger partial charge in [0.05, 0.1) is 0 Å². The first-order chi connectivity index (χ1) is 10.2. The molecule has 2 fully saturated rings. The van der Waals surface area contributed by atoms with E-state index in [1.807, 2.05) is 28.9 Å². The first-order valence-electron chi connectivity index (χ1n) is 7.96. The minimum atomic E-state index is 0.228. The van der Waals surface area contributed by atoms with Gasteiger partial charge in [-0.1, -0.05) is 6.07 Å². The van der Waals surface area contributed by atoms with Crippen molar-refractivity contribution in [1.82, 2.24) is 14.8 Å². The molecule has 0 N–H and O–H groups in total. The van der Waals surface area contributed by atoms with Gasteiger partial charge >= 0.3 is 6.03 Å². The van der Waals surface area contributed by atoms with Gasteiger partial charge in [0.2, 0.25) is 0 Å². The third-order valence-corrected chi connectivity index (χ3v) is 4.37. The van der Waals surface area contributed by atoms with E-state index in [-0.39, 0.29) is 6.03 Å². The minimum Gasteiger partial charge on any atom is -0.353 e. The highest BCUT2D eigenvalue weighted by atomic mass is 16.2. The van der Waals surface area contributed by atoms with Crippen molar-refractivity contribution in [3.63, 3.8) is 0 Å². The number of amides is 2. The lowest BCUT2D eigenvalue weighted by molar-refractivity contribution is 0.141. The van der Waals surface area contributed by atoms with E-state index in [1.165, 1.54) is 6.42 Å². The molecule has 0 aromatic carbocycles. The summed E-state index contributed by atoms with van der Waals surface area (Å²) in [6.07, 6.45) is 3.56. The SMILES string of the molecule is Cc1cccc(N2CCN(C(=O)N3CCCCC3)CC2)n1. The molecule has 3 rings (SSSR count). The number of aryl methyl sites for hydroxylation is 1. The number of rotatable bonds is 1. The number of nitrogens with zero attached hydrogens (tertiary/aromatic N) is 4. The molecule has 0 atom stereocenters. The molecular weight excluding hydrogens is 264 g/mol. The summed E-state index contributed by atoms with van der Waals surface area (Å²) in [5.41, 5.74) is 1.04. The number of likely N-dealkylation sites (tertiary alicyclic amines) is 1. The van der Waals surface area contributed by atoms with Gasteiger partial charge in [0.15, 0.2) is 0 Å². The number of piperidine rings is 1. The van der Waals surface area contributed by atoms with Crippen LogP contribution in [0.1, 0.15) is 25.0 Å². The summed E-state index contributed by atoms with van der Waals surface area (Å²) in [4.78, 5) is 23.3. The third kappa shape index (κ3) is 3.28. The van der Waals surface area contributed by atoms with E-state index in [0.717, 1.165) is 63.6 Å². The topological polar surface area (TPSA) is 39.7 Å². The molecule has 5 nitrogen and oxygen atoms in total. The summed E-state index contributed by atoms with van der Waals surface area (Å²) in [5, 5.41) is 0. The summed E-state index contributed by atoms with van der Waals surface area (Å²) in [6.45, 7) is 7.21. The van der Waals surface area contributed by atoms with E-state index in [9.17, 15) is 4.79 Å². The lowest BCUT2D eigenvalue weighted by atomic mass is 10.1. The molecule has 0 spiro atoms. The molecule has 114 valence electrons. The van der Waals surface area contributed by atoms with Gasteiger partial charge in [-0.3, -0.25) is 0 Å². The summed E-state index contributed by atoms with van der Waals surface area (Å²) in [6, 6.07) is 6.34. The van der Waals surface area contributed by atoms with Gasteiger partial charge in [0.25, 0.3) is 0 Å². The zero-order valence-electron chi connectivity index (χ0n) is 12.8. The second kappa shape index (κ2) is 6.33. The van der Waals surface area contributed by atoms with E-state index in [4.69, 9.17) is 0 Å². The van der Waals surface area contributed by atoms with E-state index < -0.39 is 0 Å². The Morgan fingerprint density at radius 1 is 0.952 bits per heavy atom. The molecule has 0 bridgehead atoms. The molecule has 2 aliphatic rings. The second-order valence-electron chi connectivity index (χ2n) is 5.94. The van der Waals surface area contributed by atoms with Crippen LogP contribution in [-0.2, 0) is 0 Å². The van der Waals surface area contributed by atoms with Gasteiger partial charge < -0.3 is 14.7 Å². The number of hydrogen-bond acceptors (Lipinski definition) is 3. The normalized spacial score (nSPS) is 19.8. The summed E-state index contributed by atoms with van der Waals surface area (Å²) >= 11 is 0. The molecule has 0 saturated carbocycles. The van der Waals surface area contributed by atoms with E-state index in [0.29, 0.717) is 0 Å². The monoisotopic (exact) mass is 288 g/mol. The molecule has 3 heterocycles. The Morgan fingerprint density at radius 3 is 2.29 bits per heavy atom. The van der Waals surface area contributed by atoms with Crippen LogP contribution in [-0.4, -0.2) is 60.1 Å². The van der Waals surface area contributed by atoms with Crippen LogP contribution in [0.25, 0.3) is 0 Å². The Bertz CT molecular complexity index is 491. The summed E-state index contributed by atoms with van der Waals surface area (Å²) in [7, 11) is 0. The molecule has 21 heavy (non-hydrogen) atoms. The highest BCUT2D eigenvalue weighted by Crippen LogP contribution is 2.16. The number of carbonyl (C=O) groups excluding carboxylic acids is 1. The van der Waals surface area contributed by atoms with Crippen molar-refractivity contribution in [1.29, 1.82) is 0 Å². The number of piperazine rings is 1. The zero-order chi connectivity index (χ0) is 14.7. The largest absolute Gasteiger partial charge is 0.353 e. The quantitative estimate of drug-likeness (QED) is 0.794. The maximum Gasteiger partial charge on any atom is 0.320 e. The highest BCUT2D eigenvalue weighted by molar-refractivity contribution is 5.75. The van der Waals surface area contributed by atoms with Gasteiger partial charge in [-0.15, -0.1) is 0 Å². The fourth-order valence-electron chi connectivity index (χ4n) is 3.12. The van der Waals surface area contributed by atoms with Crippen LogP contribution in [0.15, 0.2) is 18.2 Å². The number of anilines is 1. The fourth-order valence-corrected chi connectivity index (χ4v) is 3.12. The van der Waals surface area contributed by atoms with Crippen molar-refractivity contribution in [2.45, 2.75) is 26.2 Å². The predicted molar refractivity (Wildman–Crippen MR) is 83.6 cm³/mol. The summed E-state index contributed by atoms with van der Waals surface area (Å²) < 4.78 is 0.